The largest absolute Gasteiger partial charge is 0.339 e. The van der Waals surface area contributed by atoms with Crippen molar-refractivity contribution < 1.29 is 9.32 Å². The van der Waals surface area contributed by atoms with Crippen molar-refractivity contribution in [2.75, 3.05) is 13.1 Å². The Morgan fingerprint density at radius 3 is 2.96 bits per heavy atom. The molecule has 4 rings (SSSR count). The molecule has 2 aromatic rings. The fraction of sp³-hybridized carbons (Fsp3) is 0.474. The van der Waals surface area contributed by atoms with Gasteiger partial charge in [-0.15, -0.1) is 0 Å². The van der Waals surface area contributed by atoms with Crippen molar-refractivity contribution >= 4 is 5.91 Å². The summed E-state index contributed by atoms with van der Waals surface area (Å²) in [7, 11) is 0. The molecule has 6 heteroatoms. The zero-order chi connectivity index (χ0) is 17.6. The molecule has 2 fully saturated rings. The summed E-state index contributed by atoms with van der Waals surface area (Å²) < 4.78 is 5.51. The van der Waals surface area contributed by atoms with Gasteiger partial charge in [0.2, 0.25) is 5.89 Å². The van der Waals surface area contributed by atoms with E-state index in [4.69, 9.17) is 9.78 Å². The van der Waals surface area contributed by atoms with Gasteiger partial charge in [0.15, 0.2) is 5.82 Å². The van der Waals surface area contributed by atoms with Crippen molar-refractivity contribution in [1.29, 1.82) is 5.26 Å². The average molecular weight is 336 g/mol. The van der Waals surface area contributed by atoms with Gasteiger partial charge in [-0.2, -0.15) is 10.2 Å². The molecule has 6 nitrogen and oxygen atoms in total. The Bertz CT molecular complexity index is 882. The fourth-order valence-electron chi connectivity index (χ4n) is 4.44. The van der Waals surface area contributed by atoms with E-state index in [1.54, 1.807) is 18.2 Å². The van der Waals surface area contributed by atoms with Crippen LogP contribution in [-0.2, 0) is 5.41 Å². The molecule has 0 N–H and O–H groups in total. The summed E-state index contributed by atoms with van der Waals surface area (Å²) >= 11 is 0. The van der Waals surface area contributed by atoms with Gasteiger partial charge >= 0.3 is 0 Å². The van der Waals surface area contributed by atoms with Crippen molar-refractivity contribution in [1.82, 2.24) is 15.0 Å². The van der Waals surface area contributed by atoms with Gasteiger partial charge in [-0.3, -0.25) is 4.79 Å². The van der Waals surface area contributed by atoms with Crippen molar-refractivity contribution in [2.45, 2.75) is 38.5 Å². The summed E-state index contributed by atoms with van der Waals surface area (Å²) in [4.78, 5) is 19.4. The Hall–Kier alpha value is -2.68. The van der Waals surface area contributed by atoms with E-state index in [1.165, 1.54) is 0 Å². The highest BCUT2D eigenvalue weighted by Crippen LogP contribution is 2.50. The Morgan fingerprint density at radius 1 is 1.44 bits per heavy atom. The van der Waals surface area contributed by atoms with Gasteiger partial charge in [0, 0.05) is 18.7 Å². The minimum Gasteiger partial charge on any atom is -0.339 e. The van der Waals surface area contributed by atoms with E-state index in [0.717, 1.165) is 31.4 Å². The molecule has 1 amide bonds. The average Bonchev–Trinajstić information content (AvgIpc) is 3.27. The van der Waals surface area contributed by atoms with Crippen molar-refractivity contribution in [3.63, 3.8) is 0 Å². The summed E-state index contributed by atoms with van der Waals surface area (Å²) in [5.74, 6) is 1.71. The number of nitrogens with zero attached hydrogens (tertiary/aromatic N) is 4. The van der Waals surface area contributed by atoms with Crippen LogP contribution in [-0.4, -0.2) is 34.0 Å². The summed E-state index contributed by atoms with van der Waals surface area (Å²) in [6.07, 6.45) is 3.19. The van der Waals surface area contributed by atoms with Crippen LogP contribution < -0.4 is 0 Å². The molecule has 25 heavy (non-hydrogen) atoms. The molecule has 1 aromatic carbocycles. The third-order valence-electron chi connectivity index (χ3n) is 5.70. The first kappa shape index (κ1) is 15.8. The van der Waals surface area contributed by atoms with Gasteiger partial charge in [0.05, 0.1) is 17.0 Å². The smallest absolute Gasteiger partial charge is 0.254 e. The van der Waals surface area contributed by atoms with Crippen LogP contribution in [0.15, 0.2) is 22.7 Å². The van der Waals surface area contributed by atoms with Crippen LogP contribution in [0.4, 0.5) is 0 Å². The lowest BCUT2D eigenvalue weighted by Gasteiger charge is -2.24. The molecule has 1 aliphatic heterocycles. The van der Waals surface area contributed by atoms with E-state index in [0.29, 0.717) is 35.3 Å². The van der Waals surface area contributed by atoms with Crippen LogP contribution in [0.1, 0.15) is 52.5 Å². The van der Waals surface area contributed by atoms with E-state index in [9.17, 15) is 4.79 Å². The van der Waals surface area contributed by atoms with Gasteiger partial charge in [0.1, 0.15) is 0 Å². The molecule has 0 radical (unpaired) electrons. The Kier molecular flexibility index (Phi) is 3.60. The molecule has 1 aliphatic carbocycles. The molecule has 1 saturated carbocycles. The maximum atomic E-state index is 13.1. The summed E-state index contributed by atoms with van der Waals surface area (Å²) in [6, 6.07) is 7.34. The minimum atomic E-state index is -0.197. The second kappa shape index (κ2) is 5.69. The van der Waals surface area contributed by atoms with Crippen LogP contribution in [0.3, 0.4) is 0 Å². The van der Waals surface area contributed by atoms with Crippen LogP contribution in [0.25, 0.3) is 0 Å². The summed E-state index contributed by atoms with van der Waals surface area (Å²) in [5.41, 5.74) is 1.88. The van der Waals surface area contributed by atoms with E-state index < -0.39 is 0 Å². The minimum absolute atomic E-state index is 0.0204. The number of hydrogen-bond donors (Lipinski definition) is 0. The number of amides is 1. The Balaban J connectivity index is 1.63. The second-order valence-electron chi connectivity index (χ2n) is 7.22. The highest BCUT2D eigenvalue weighted by molar-refractivity contribution is 5.96. The van der Waals surface area contributed by atoms with Crippen LogP contribution in [0, 0.1) is 31.1 Å². The lowest BCUT2D eigenvalue weighted by atomic mass is 9.80. The number of aromatic nitrogens is 2. The normalized spacial score (nSPS) is 25.0. The number of rotatable bonds is 2. The molecule has 0 unspecified atom stereocenters. The van der Waals surface area contributed by atoms with Crippen LogP contribution in [0.2, 0.25) is 0 Å². The first-order valence-corrected chi connectivity index (χ1v) is 8.64. The van der Waals surface area contributed by atoms with Crippen molar-refractivity contribution in [3.05, 3.63) is 46.6 Å². The molecule has 2 heterocycles. The van der Waals surface area contributed by atoms with Crippen LogP contribution in [0.5, 0.6) is 0 Å². The predicted molar refractivity (Wildman–Crippen MR) is 89.9 cm³/mol. The molecule has 128 valence electrons. The van der Waals surface area contributed by atoms with E-state index in [2.05, 4.69) is 16.2 Å². The molecule has 2 atom stereocenters. The first-order valence-electron chi connectivity index (χ1n) is 8.64. The third-order valence-corrected chi connectivity index (χ3v) is 5.70. The number of hydrogen-bond acceptors (Lipinski definition) is 5. The quantitative estimate of drug-likeness (QED) is 0.842. The predicted octanol–water partition coefficient (Wildman–Crippen LogP) is 2.75. The lowest BCUT2D eigenvalue weighted by molar-refractivity contribution is 0.0774. The number of carbonyl (C=O) groups excluding carboxylic acids is 1. The van der Waals surface area contributed by atoms with E-state index in [-0.39, 0.29) is 11.3 Å². The van der Waals surface area contributed by atoms with Gasteiger partial charge in [-0.25, -0.2) is 0 Å². The SMILES string of the molecule is Cc1noc([C@]23CCC[C@H]2CN(C(=O)c2ccc(C#N)cc2C)C3)n1. The van der Waals surface area contributed by atoms with E-state index in [1.807, 2.05) is 18.7 Å². The maximum Gasteiger partial charge on any atom is 0.254 e. The Labute approximate surface area is 146 Å². The molecule has 2 aliphatic rings. The van der Waals surface area contributed by atoms with Gasteiger partial charge in [0.25, 0.3) is 5.91 Å². The number of benzene rings is 1. The molecule has 1 saturated heterocycles. The fourth-order valence-corrected chi connectivity index (χ4v) is 4.44. The number of aryl methyl sites for hydroxylation is 2. The van der Waals surface area contributed by atoms with Gasteiger partial charge in [-0.1, -0.05) is 11.6 Å². The third kappa shape index (κ3) is 2.42. The van der Waals surface area contributed by atoms with E-state index >= 15 is 0 Å². The second-order valence-corrected chi connectivity index (χ2v) is 7.22. The first-order chi connectivity index (χ1) is 12.0. The van der Waals surface area contributed by atoms with Crippen molar-refractivity contribution in [2.24, 2.45) is 5.92 Å². The lowest BCUT2D eigenvalue weighted by Crippen LogP contribution is -2.35. The number of fused-ring (bicyclic) bond motifs is 1. The standard InChI is InChI=1S/C19H20N4O2/c1-12-8-14(9-20)5-6-16(12)17(24)23-10-15-4-3-7-19(15,11-23)18-21-13(2)22-25-18/h5-6,8,15H,3-4,7,10-11H2,1-2H3/t15-,19-/m0/s1. The zero-order valence-corrected chi connectivity index (χ0v) is 14.5. The highest BCUT2D eigenvalue weighted by Gasteiger charge is 2.55. The summed E-state index contributed by atoms with van der Waals surface area (Å²) in [5, 5.41) is 13.0. The number of likely N-dealkylation sites (tertiary alicyclic amines) is 1. The summed E-state index contributed by atoms with van der Waals surface area (Å²) in [6.45, 7) is 5.05. The molecular weight excluding hydrogens is 316 g/mol. The Morgan fingerprint density at radius 2 is 2.28 bits per heavy atom. The van der Waals surface area contributed by atoms with Gasteiger partial charge in [-0.05, 0) is 56.4 Å². The van der Waals surface area contributed by atoms with Crippen LogP contribution >= 0.6 is 0 Å². The van der Waals surface area contributed by atoms with Gasteiger partial charge < -0.3 is 9.42 Å². The number of carbonyl (C=O) groups is 1. The topological polar surface area (TPSA) is 83.0 Å². The highest BCUT2D eigenvalue weighted by atomic mass is 16.5. The molecule has 0 spiro atoms. The number of nitriles is 1. The molecule has 0 bridgehead atoms. The molecule has 1 aromatic heterocycles. The molecular formula is C19H20N4O2. The zero-order valence-electron chi connectivity index (χ0n) is 14.5. The van der Waals surface area contributed by atoms with Crippen molar-refractivity contribution in [3.8, 4) is 6.07 Å². The monoisotopic (exact) mass is 336 g/mol. The maximum absolute atomic E-state index is 13.1.